The van der Waals surface area contributed by atoms with E-state index in [0.29, 0.717) is 11.1 Å². The van der Waals surface area contributed by atoms with Crippen molar-refractivity contribution in [3.05, 3.63) is 71.8 Å². The Morgan fingerprint density at radius 3 is 1.96 bits per heavy atom. The molecule has 3 rings (SSSR count). The minimum absolute atomic E-state index is 0.0855. The highest BCUT2D eigenvalue weighted by Gasteiger charge is 2.59. The molecule has 0 heterocycles. The first-order chi connectivity index (χ1) is 13.3. The molecule has 1 fully saturated rings. The van der Waals surface area contributed by atoms with Gasteiger partial charge in [-0.15, -0.1) is 0 Å². The largest absolute Gasteiger partial charge is 0.296 e. The number of carbonyl (C=O) groups is 3. The summed E-state index contributed by atoms with van der Waals surface area (Å²) in [5.74, 6) is -2.13. The minimum atomic E-state index is -2.07. The number of hydrogen-bond acceptors (Lipinski definition) is 5. The molecule has 1 atom stereocenters. The maximum absolute atomic E-state index is 13.1. The van der Waals surface area contributed by atoms with Gasteiger partial charge in [-0.1, -0.05) is 74.5 Å². The van der Waals surface area contributed by atoms with Crippen molar-refractivity contribution >= 4 is 17.3 Å². The number of hydrogen-bond donors (Lipinski definition) is 1. The van der Waals surface area contributed by atoms with E-state index in [2.05, 4.69) is 0 Å². The van der Waals surface area contributed by atoms with Gasteiger partial charge >= 0.3 is 0 Å². The van der Waals surface area contributed by atoms with Crippen LogP contribution in [0.2, 0.25) is 0 Å². The van der Waals surface area contributed by atoms with E-state index < -0.39 is 28.5 Å². The SMILES string of the molecule is CC1(C)CC(=O)C(OO)(C(CC(=O)c2ccccc2)c2ccccc2)C(=O)C1. The second-order valence-corrected chi connectivity index (χ2v) is 8.15. The molecular weight excluding hydrogens is 356 g/mol. The predicted octanol–water partition coefficient (Wildman–Crippen LogP) is 4.23. The second-order valence-electron chi connectivity index (χ2n) is 8.15. The average molecular weight is 380 g/mol. The molecule has 0 amide bonds. The molecule has 0 radical (unpaired) electrons. The van der Waals surface area contributed by atoms with Crippen LogP contribution >= 0.6 is 0 Å². The highest BCUT2D eigenvalue weighted by molar-refractivity contribution is 6.14. The Kier molecular flexibility index (Phi) is 5.59. The van der Waals surface area contributed by atoms with Gasteiger partial charge in [0.15, 0.2) is 17.3 Å². The Morgan fingerprint density at radius 2 is 1.46 bits per heavy atom. The van der Waals surface area contributed by atoms with Gasteiger partial charge in [-0.05, 0) is 11.0 Å². The van der Waals surface area contributed by atoms with E-state index in [0.717, 1.165) is 0 Å². The maximum Gasteiger partial charge on any atom is 0.225 e. The van der Waals surface area contributed by atoms with Crippen LogP contribution in [-0.4, -0.2) is 28.2 Å². The molecule has 146 valence electrons. The molecule has 1 aliphatic rings. The molecule has 28 heavy (non-hydrogen) atoms. The third kappa shape index (κ3) is 3.68. The van der Waals surface area contributed by atoms with Crippen molar-refractivity contribution in [1.82, 2.24) is 0 Å². The van der Waals surface area contributed by atoms with Crippen molar-refractivity contribution in [2.75, 3.05) is 0 Å². The fourth-order valence-corrected chi connectivity index (χ4v) is 4.01. The standard InChI is InChI=1S/C23H24O5/c1-22(2)14-20(25)23(28-27,21(26)15-22)18(16-9-5-3-6-10-16)13-19(24)17-11-7-4-8-12-17/h3-12,18,27H,13-15H2,1-2H3. The molecule has 5 nitrogen and oxygen atoms in total. The van der Waals surface area contributed by atoms with E-state index in [1.165, 1.54) is 0 Å². The highest BCUT2D eigenvalue weighted by Crippen LogP contribution is 2.45. The van der Waals surface area contributed by atoms with Crippen LogP contribution in [0.3, 0.4) is 0 Å². The van der Waals surface area contributed by atoms with E-state index in [9.17, 15) is 19.6 Å². The minimum Gasteiger partial charge on any atom is -0.296 e. The van der Waals surface area contributed by atoms with Gasteiger partial charge < -0.3 is 0 Å². The smallest absolute Gasteiger partial charge is 0.225 e. The summed E-state index contributed by atoms with van der Waals surface area (Å²) in [5, 5.41) is 9.81. The van der Waals surface area contributed by atoms with Crippen molar-refractivity contribution < 1.29 is 24.5 Å². The lowest BCUT2D eigenvalue weighted by Crippen LogP contribution is -2.58. The summed E-state index contributed by atoms with van der Waals surface area (Å²) in [5.41, 5.74) is -1.50. The number of ketones is 3. The first-order valence-electron chi connectivity index (χ1n) is 9.32. The monoisotopic (exact) mass is 380 g/mol. The van der Waals surface area contributed by atoms with E-state index in [1.54, 1.807) is 60.7 Å². The fourth-order valence-electron chi connectivity index (χ4n) is 4.01. The summed E-state index contributed by atoms with van der Waals surface area (Å²) >= 11 is 0. The van der Waals surface area contributed by atoms with Crippen LogP contribution in [-0.2, 0) is 14.5 Å². The van der Waals surface area contributed by atoms with Crippen LogP contribution in [0, 0.1) is 5.41 Å². The lowest BCUT2D eigenvalue weighted by Gasteiger charge is -2.42. The van der Waals surface area contributed by atoms with Gasteiger partial charge in [0.1, 0.15) is 0 Å². The van der Waals surface area contributed by atoms with E-state index >= 15 is 0 Å². The van der Waals surface area contributed by atoms with E-state index in [-0.39, 0.29) is 25.0 Å². The quantitative estimate of drug-likeness (QED) is 0.351. The summed E-state index contributed by atoms with van der Waals surface area (Å²) in [6.07, 6.45) is 0.0385. The molecule has 2 aromatic carbocycles. The van der Waals surface area contributed by atoms with Crippen molar-refractivity contribution in [1.29, 1.82) is 0 Å². The Bertz CT molecular complexity index is 850. The zero-order valence-electron chi connectivity index (χ0n) is 16.1. The van der Waals surface area contributed by atoms with Gasteiger partial charge in [-0.3, -0.25) is 19.6 Å². The first-order valence-corrected chi connectivity index (χ1v) is 9.32. The van der Waals surface area contributed by atoms with Crippen LogP contribution in [0.25, 0.3) is 0 Å². The number of Topliss-reactive ketones (excluding diaryl/α,β-unsaturated/α-hetero) is 3. The lowest BCUT2D eigenvalue weighted by molar-refractivity contribution is -0.309. The summed E-state index contributed by atoms with van der Waals surface area (Å²) in [6.45, 7) is 3.66. The maximum atomic E-state index is 13.1. The van der Waals surface area contributed by atoms with Gasteiger partial charge in [0.05, 0.1) is 0 Å². The molecule has 5 heteroatoms. The van der Waals surface area contributed by atoms with Crippen LogP contribution < -0.4 is 0 Å². The van der Waals surface area contributed by atoms with Crippen molar-refractivity contribution in [3.63, 3.8) is 0 Å². The molecule has 1 unspecified atom stereocenters. The van der Waals surface area contributed by atoms with Crippen molar-refractivity contribution in [3.8, 4) is 0 Å². The second kappa shape index (κ2) is 7.78. The van der Waals surface area contributed by atoms with Gasteiger partial charge in [0.25, 0.3) is 0 Å². The predicted molar refractivity (Wildman–Crippen MR) is 104 cm³/mol. The number of rotatable bonds is 6. The summed E-state index contributed by atoms with van der Waals surface area (Å²) in [6, 6.07) is 17.5. The molecule has 1 saturated carbocycles. The van der Waals surface area contributed by atoms with Gasteiger partial charge in [0.2, 0.25) is 5.60 Å². The fraction of sp³-hybridized carbons (Fsp3) is 0.348. The van der Waals surface area contributed by atoms with Gasteiger partial charge in [-0.2, -0.15) is 0 Å². The zero-order chi connectivity index (χ0) is 20.4. The molecule has 0 aliphatic heterocycles. The van der Waals surface area contributed by atoms with E-state index in [1.807, 2.05) is 13.8 Å². The Hall–Kier alpha value is -2.63. The normalized spacial score (nSPS) is 19.2. The molecule has 2 aromatic rings. The molecule has 0 spiro atoms. The van der Waals surface area contributed by atoms with Crippen LogP contribution in [0.15, 0.2) is 60.7 Å². The van der Waals surface area contributed by atoms with Crippen LogP contribution in [0.4, 0.5) is 0 Å². The topological polar surface area (TPSA) is 80.7 Å². The van der Waals surface area contributed by atoms with Crippen molar-refractivity contribution in [2.24, 2.45) is 5.41 Å². The molecule has 0 saturated heterocycles. The summed E-state index contributed by atoms with van der Waals surface area (Å²) in [7, 11) is 0. The third-order valence-electron chi connectivity index (χ3n) is 5.43. The molecule has 0 bridgehead atoms. The number of benzene rings is 2. The zero-order valence-corrected chi connectivity index (χ0v) is 16.1. The Labute approximate surface area is 164 Å². The summed E-state index contributed by atoms with van der Waals surface area (Å²) < 4.78 is 0. The van der Waals surface area contributed by atoms with Crippen LogP contribution in [0.5, 0.6) is 0 Å². The van der Waals surface area contributed by atoms with Crippen LogP contribution in [0.1, 0.15) is 54.9 Å². The molecular formula is C23H24O5. The molecule has 1 N–H and O–H groups in total. The third-order valence-corrected chi connectivity index (χ3v) is 5.43. The average Bonchev–Trinajstić information content (AvgIpc) is 2.67. The molecule has 0 aromatic heterocycles. The first kappa shape index (κ1) is 20.1. The highest BCUT2D eigenvalue weighted by atomic mass is 17.1. The van der Waals surface area contributed by atoms with Crippen molar-refractivity contribution in [2.45, 2.75) is 44.6 Å². The Morgan fingerprint density at radius 1 is 0.964 bits per heavy atom. The Balaban J connectivity index is 2.06. The molecule has 1 aliphatic carbocycles. The van der Waals surface area contributed by atoms with Gasteiger partial charge in [-0.25, -0.2) is 4.89 Å². The lowest BCUT2D eigenvalue weighted by atomic mass is 9.62. The van der Waals surface area contributed by atoms with Gasteiger partial charge in [0, 0.05) is 30.7 Å². The summed E-state index contributed by atoms with van der Waals surface area (Å²) in [4.78, 5) is 43.8. The van der Waals surface area contributed by atoms with E-state index in [4.69, 9.17) is 4.89 Å². The number of carbonyl (C=O) groups excluding carboxylic acids is 3.